The van der Waals surface area contributed by atoms with Crippen LogP contribution in [0.25, 0.3) is 0 Å². The third-order valence-electron chi connectivity index (χ3n) is 12.0. The maximum atomic E-state index is 14.1. The molecular formula is C37H67NO13. The summed E-state index contributed by atoms with van der Waals surface area (Å²) in [5.74, 6) is -4.47. The molecule has 298 valence electrons. The van der Waals surface area contributed by atoms with Crippen molar-refractivity contribution < 1.29 is 63.2 Å². The zero-order valence-electron chi connectivity index (χ0n) is 33.0. The largest absolute Gasteiger partial charge is 0.459 e. The molecule has 18 atom stereocenters. The molecule has 3 saturated heterocycles. The summed E-state index contributed by atoms with van der Waals surface area (Å²) in [4.78, 5) is 28.1. The molecule has 0 aromatic rings. The van der Waals surface area contributed by atoms with Gasteiger partial charge in [-0.15, -0.1) is 0 Å². The molecule has 51 heavy (non-hydrogen) atoms. The average molecular weight is 734 g/mol. The number of rotatable bonds is 8. The van der Waals surface area contributed by atoms with Gasteiger partial charge in [-0.1, -0.05) is 27.7 Å². The van der Waals surface area contributed by atoms with Crippen molar-refractivity contribution in [2.75, 3.05) is 21.3 Å². The van der Waals surface area contributed by atoms with Crippen LogP contribution >= 0.6 is 0 Å². The Morgan fingerprint density at radius 1 is 0.863 bits per heavy atom. The second kappa shape index (κ2) is 17.4. The normalized spacial score (nSPS) is 49.6. The number of cyclic esters (lactones) is 1. The highest BCUT2D eigenvalue weighted by molar-refractivity contribution is 5.83. The molecule has 14 heteroatoms. The fourth-order valence-corrected chi connectivity index (χ4v) is 8.38. The lowest BCUT2D eigenvalue weighted by molar-refractivity contribution is -0.317. The smallest absolute Gasteiger partial charge is 0.311 e. The number of likely N-dealkylation sites (N-methyl/N-ethyl adjacent to an activating group) is 1. The third-order valence-corrected chi connectivity index (χ3v) is 12.0. The number of methoxy groups -OCH3 is 2. The van der Waals surface area contributed by atoms with Crippen molar-refractivity contribution in [1.82, 2.24) is 5.32 Å². The molecular weight excluding hydrogens is 666 g/mol. The van der Waals surface area contributed by atoms with Crippen molar-refractivity contribution in [2.45, 2.75) is 179 Å². The van der Waals surface area contributed by atoms with Gasteiger partial charge in [-0.05, 0) is 67.9 Å². The van der Waals surface area contributed by atoms with E-state index >= 15 is 0 Å². The predicted molar refractivity (Wildman–Crippen MR) is 186 cm³/mol. The molecule has 0 amide bonds. The van der Waals surface area contributed by atoms with Crippen LogP contribution in [0, 0.1) is 23.7 Å². The highest BCUT2D eigenvalue weighted by Gasteiger charge is 2.54. The fraction of sp³-hybridized carbons (Fsp3) is 0.946. The molecule has 0 bridgehead atoms. The van der Waals surface area contributed by atoms with E-state index in [1.807, 2.05) is 13.8 Å². The summed E-state index contributed by atoms with van der Waals surface area (Å²) in [5, 5.41) is 48.4. The first kappa shape index (κ1) is 44.1. The van der Waals surface area contributed by atoms with Crippen LogP contribution in [0.5, 0.6) is 0 Å². The Morgan fingerprint density at radius 3 is 2.02 bits per heavy atom. The van der Waals surface area contributed by atoms with Crippen LogP contribution in [0.4, 0.5) is 0 Å². The van der Waals surface area contributed by atoms with Gasteiger partial charge in [0.15, 0.2) is 12.6 Å². The van der Waals surface area contributed by atoms with Crippen LogP contribution < -0.4 is 5.32 Å². The lowest BCUT2D eigenvalue weighted by Gasteiger charge is -2.49. The van der Waals surface area contributed by atoms with Crippen molar-refractivity contribution in [3.8, 4) is 0 Å². The SMILES string of the molecule is CC[C@@H]1OC(=O)[C@H](C)[C@H](O[C@H]2C[C@](C)(OC)[C@@H](O)[C@H](C)O2)[C@@H](C)[C@H](O[C@@H]2O[C@H](C)C[C@H](NC)[C@@H]2O)[C@](C)(OC)C[C@H](C)C(=O)[C@H](C)[C@@H](O)[C@@]1(C)O. The van der Waals surface area contributed by atoms with Gasteiger partial charge in [0.2, 0.25) is 0 Å². The Labute approximate surface area is 304 Å². The number of ether oxygens (including phenoxy) is 7. The minimum Gasteiger partial charge on any atom is -0.459 e. The number of carbonyl (C=O) groups is 2. The molecule has 3 aliphatic rings. The number of nitrogens with one attached hydrogen (secondary N) is 1. The number of hydrogen-bond acceptors (Lipinski definition) is 14. The summed E-state index contributed by atoms with van der Waals surface area (Å²) in [7, 11) is 4.75. The number of aliphatic hydroxyl groups excluding tert-OH is 3. The summed E-state index contributed by atoms with van der Waals surface area (Å²) in [6.45, 7) is 17.0. The quantitative estimate of drug-likeness (QED) is 0.228. The highest BCUT2D eigenvalue weighted by Crippen LogP contribution is 2.41. The zero-order chi connectivity index (χ0) is 38.8. The van der Waals surface area contributed by atoms with Gasteiger partial charge in [-0.25, -0.2) is 0 Å². The molecule has 0 spiro atoms. The standard InChI is InChI=1S/C37H67NO13/c1-14-25-37(10,44)30(41)20(4)27(39)18(2)16-36(9,46-13)32(51-34-28(40)24(38-11)15-19(3)47-34)21(5)29(22(6)33(43)49-25)50-26-17-35(8,45-12)31(42)23(7)48-26/h18-26,28-32,34,38,40-42,44H,14-17H2,1-13H3/t18-,19+,20-,21+,22+,23-,24-,25-,26-,28-,29+,30+,31-,32-,34-,35-,36+,37-/m0/s1. The lowest BCUT2D eigenvalue weighted by Crippen LogP contribution is -2.61. The minimum atomic E-state index is -1.96. The van der Waals surface area contributed by atoms with Crippen LogP contribution in [0.1, 0.15) is 94.9 Å². The average Bonchev–Trinajstić information content (AvgIpc) is 3.09. The Kier molecular flexibility index (Phi) is 15.1. The summed E-state index contributed by atoms with van der Waals surface area (Å²) in [5.41, 5.74) is -4.24. The Bertz CT molecular complexity index is 1160. The van der Waals surface area contributed by atoms with Crippen molar-refractivity contribution in [2.24, 2.45) is 23.7 Å². The number of esters is 1. The van der Waals surface area contributed by atoms with Crippen molar-refractivity contribution >= 4 is 11.8 Å². The van der Waals surface area contributed by atoms with Gasteiger partial charge in [-0.2, -0.15) is 0 Å². The van der Waals surface area contributed by atoms with Crippen LogP contribution in [-0.4, -0.2) is 138 Å². The van der Waals surface area contributed by atoms with E-state index in [9.17, 15) is 30.0 Å². The van der Waals surface area contributed by atoms with E-state index in [1.165, 1.54) is 21.1 Å². The molecule has 0 aromatic heterocycles. The number of aliphatic hydroxyl groups is 4. The molecule has 3 heterocycles. The van der Waals surface area contributed by atoms with Crippen LogP contribution in [0.15, 0.2) is 0 Å². The van der Waals surface area contributed by atoms with E-state index in [4.69, 9.17) is 33.2 Å². The van der Waals surface area contributed by atoms with E-state index < -0.39 is 102 Å². The van der Waals surface area contributed by atoms with Crippen molar-refractivity contribution in [3.63, 3.8) is 0 Å². The van der Waals surface area contributed by atoms with Crippen molar-refractivity contribution in [3.05, 3.63) is 0 Å². The molecule has 14 nitrogen and oxygen atoms in total. The van der Waals surface area contributed by atoms with Crippen LogP contribution in [-0.2, 0) is 42.7 Å². The third kappa shape index (κ3) is 9.33. The Balaban J connectivity index is 2.21. The van der Waals surface area contributed by atoms with Gasteiger partial charge in [0, 0.05) is 44.4 Å². The van der Waals surface area contributed by atoms with Gasteiger partial charge in [0.05, 0.1) is 47.6 Å². The monoisotopic (exact) mass is 733 g/mol. The number of ketones is 1. The van der Waals surface area contributed by atoms with Gasteiger partial charge >= 0.3 is 5.97 Å². The predicted octanol–water partition coefficient (Wildman–Crippen LogP) is 2.10. The minimum absolute atomic E-state index is 0.109. The Morgan fingerprint density at radius 2 is 1.47 bits per heavy atom. The molecule has 0 aliphatic carbocycles. The molecule has 0 radical (unpaired) electrons. The maximum Gasteiger partial charge on any atom is 0.311 e. The van der Waals surface area contributed by atoms with E-state index in [-0.39, 0.29) is 37.2 Å². The fourth-order valence-electron chi connectivity index (χ4n) is 8.38. The maximum absolute atomic E-state index is 14.1. The zero-order valence-corrected chi connectivity index (χ0v) is 33.0. The first-order valence-electron chi connectivity index (χ1n) is 18.5. The first-order chi connectivity index (χ1) is 23.6. The van der Waals surface area contributed by atoms with Gasteiger partial charge in [0.25, 0.3) is 0 Å². The molecule has 5 N–H and O–H groups in total. The molecule has 0 unspecified atom stereocenters. The first-order valence-corrected chi connectivity index (χ1v) is 18.5. The number of hydrogen-bond donors (Lipinski definition) is 5. The second-order valence-electron chi connectivity index (χ2n) is 16.0. The van der Waals surface area contributed by atoms with E-state index in [2.05, 4.69) is 5.32 Å². The van der Waals surface area contributed by atoms with Crippen LogP contribution in [0.3, 0.4) is 0 Å². The van der Waals surface area contributed by atoms with Crippen LogP contribution in [0.2, 0.25) is 0 Å². The molecule has 0 saturated carbocycles. The van der Waals surface area contributed by atoms with Gasteiger partial charge in [0.1, 0.15) is 29.7 Å². The number of carbonyl (C=O) groups excluding carboxylic acids is 2. The summed E-state index contributed by atoms with van der Waals surface area (Å²) < 4.78 is 43.7. The molecule has 3 fully saturated rings. The summed E-state index contributed by atoms with van der Waals surface area (Å²) in [6.07, 6.45) is -8.78. The van der Waals surface area contributed by atoms with E-state index in [1.54, 1.807) is 55.5 Å². The van der Waals surface area contributed by atoms with Gasteiger partial charge < -0.3 is 58.9 Å². The lowest BCUT2D eigenvalue weighted by atomic mass is 9.74. The Hall–Kier alpha value is -1.30. The number of Topliss-reactive ketones (excluding diaryl/α,β-unsaturated/α-hetero) is 1. The molecule has 0 aromatic carbocycles. The topological polar surface area (TPSA) is 192 Å². The highest BCUT2D eigenvalue weighted by atomic mass is 16.7. The van der Waals surface area contributed by atoms with Crippen molar-refractivity contribution in [1.29, 1.82) is 0 Å². The molecule has 3 rings (SSSR count). The van der Waals surface area contributed by atoms with E-state index in [0.29, 0.717) is 6.42 Å². The van der Waals surface area contributed by atoms with Gasteiger partial charge in [-0.3, -0.25) is 9.59 Å². The van der Waals surface area contributed by atoms with E-state index in [0.717, 1.165) is 0 Å². The summed E-state index contributed by atoms with van der Waals surface area (Å²) in [6, 6.07) is -0.334. The molecule has 3 aliphatic heterocycles. The summed E-state index contributed by atoms with van der Waals surface area (Å²) >= 11 is 0. The second-order valence-corrected chi connectivity index (χ2v) is 16.0.